The molecule has 5 rings (SSSR count). The van der Waals surface area contributed by atoms with Crippen LogP contribution in [0.3, 0.4) is 0 Å². The van der Waals surface area contributed by atoms with Crippen LogP contribution < -0.4 is 9.47 Å². The molecule has 5 atom stereocenters. The maximum absolute atomic E-state index is 11.2. The second-order valence-electron chi connectivity index (χ2n) is 9.35. The van der Waals surface area contributed by atoms with Gasteiger partial charge in [0.15, 0.2) is 10.9 Å². The van der Waals surface area contributed by atoms with E-state index in [1.165, 1.54) is 0 Å². The SMILES string of the molecule is O[C@H](CN1C[C@@H]2C[C@@H](Oc3ccccc3)[C@@H](O)[C@]2(O)C1)c1ccc(OCc2ccccc2)c(Cl)n1. The molecule has 3 aromatic rings. The fourth-order valence-electron chi connectivity index (χ4n) is 5.09. The predicted octanol–water partition coefficient (Wildman–Crippen LogP) is 3.22. The van der Waals surface area contributed by atoms with Crippen LogP contribution in [0.1, 0.15) is 23.8 Å². The number of aliphatic hydroxyl groups excluding tert-OH is 2. The van der Waals surface area contributed by atoms with E-state index in [9.17, 15) is 15.3 Å². The Morgan fingerprint density at radius 2 is 1.77 bits per heavy atom. The maximum atomic E-state index is 11.2. The Morgan fingerprint density at radius 1 is 1.06 bits per heavy atom. The average molecular weight is 497 g/mol. The van der Waals surface area contributed by atoms with Crippen LogP contribution in [0.2, 0.25) is 5.15 Å². The first-order valence-electron chi connectivity index (χ1n) is 11.8. The van der Waals surface area contributed by atoms with Crippen LogP contribution in [-0.4, -0.2) is 62.6 Å². The van der Waals surface area contributed by atoms with Gasteiger partial charge in [0.2, 0.25) is 0 Å². The van der Waals surface area contributed by atoms with Crippen molar-refractivity contribution in [2.45, 2.75) is 36.9 Å². The Hall–Kier alpha value is -2.68. The van der Waals surface area contributed by atoms with Gasteiger partial charge in [-0.1, -0.05) is 60.1 Å². The molecule has 3 N–H and O–H groups in total. The molecular weight excluding hydrogens is 468 g/mol. The summed E-state index contributed by atoms with van der Waals surface area (Å²) >= 11 is 6.31. The molecule has 1 aromatic heterocycles. The van der Waals surface area contributed by atoms with Crippen LogP contribution in [0.4, 0.5) is 0 Å². The molecule has 7 nitrogen and oxygen atoms in total. The number of benzene rings is 2. The second kappa shape index (κ2) is 10.1. The predicted molar refractivity (Wildman–Crippen MR) is 131 cm³/mol. The van der Waals surface area contributed by atoms with Crippen LogP contribution in [0.15, 0.2) is 72.8 Å². The maximum Gasteiger partial charge on any atom is 0.171 e. The standard InChI is InChI=1S/C27H29ClN2O5/c28-26-23(34-16-18-7-3-1-4-8-18)12-11-21(29-26)22(31)15-30-14-19-13-24(25(32)27(19,33)17-30)35-20-9-5-2-6-10-20/h1-12,19,22,24-25,31-33H,13-17H2/t19-,22+,24+,25+,27-/m0/s1. The molecular formula is C27H29ClN2O5. The monoisotopic (exact) mass is 496 g/mol. The van der Waals surface area contributed by atoms with Crippen LogP contribution >= 0.6 is 11.6 Å². The molecule has 0 amide bonds. The molecule has 184 valence electrons. The van der Waals surface area contributed by atoms with E-state index in [0.29, 0.717) is 36.8 Å². The zero-order valence-electron chi connectivity index (χ0n) is 19.2. The number of aromatic nitrogens is 1. The Kier molecular flexibility index (Phi) is 6.95. The van der Waals surface area contributed by atoms with Gasteiger partial charge in [0.25, 0.3) is 0 Å². The fourth-order valence-corrected chi connectivity index (χ4v) is 5.31. The van der Waals surface area contributed by atoms with Crippen molar-refractivity contribution in [1.29, 1.82) is 0 Å². The molecule has 1 aliphatic carbocycles. The Balaban J connectivity index is 1.17. The summed E-state index contributed by atoms with van der Waals surface area (Å²) in [4.78, 5) is 6.27. The van der Waals surface area contributed by atoms with Crippen LogP contribution in [-0.2, 0) is 6.61 Å². The molecule has 0 bridgehead atoms. The number of fused-ring (bicyclic) bond motifs is 1. The lowest BCUT2D eigenvalue weighted by Gasteiger charge is -2.29. The number of pyridine rings is 1. The highest BCUT2D eigenvalue weighted by Crippen LogP contribution is 2.43. The summed E-state index contributed by atoms with van der Waals surface area (Å²) in [7, 11) is 0. The number of halogens is 1. The van der Waals surface area contributed by atoms with Gasteiger partial charge >= 0.3 is 0 Å². The van der Waals surface area contributed by atoms with E-state index in [2.05, 4.69) is 4.98 Å². The highest BCUT2D eigenvalue weighted by Gasteiger charge is 2.59. The minimum Gasteiger partial charge on any atom is -0.488 e. The Bertz CT molecular complexity index is 1130. The molecule has 2 fully saturated rings. The van der Waals surface area contributed by atoms with Gasteiger partial charge in [0.05, 0.1) is 5.69 Å². The van der Waals surface area contributed by atoms with E-state index in [4.69, 9.17) is 21.1 Å². The lowest BCUT2D eigenvalue weighted by atomic mass is 9.93. The number of hydrogen-bond acceptors (Lipinski definition) is 7. The number of rotatable bonds is 8. The van der Waals surface area contributed by atoms with Gasteiger partial charge in [0, 0.05) is 25.6 Å². The number of ether oxygens (including phenoxy) is 2. The molecule has 0 unspecified atom stereocenters. The molecule has 1 saturated heterocycles. The highest BCUT2D eigenvalue weighted by molar-refractivity contribution is 6.30. The van der Waals surface area contributed by atoms with E-state index >= 15 is 0 Å². The fraction of sp³-hybridized carbons (Fsp3) is 0.370. The minimum atomic E-state index is -1.28. The van der Waals surface area contributed by atoms with Crippen molar-refractivity contribution in [2.75, 3.05) is 19.6 Å². The summed E-state index contributed by atoms with van der Waals surface area (Å²) < 4.78 is 11.7. The zero-order chi connectivity index (χ0) is 24.4. The largest absolute Gasteiger partial charge is 0.488 e. The number of β-amino-alcohol motifs (C(OH)–C–C–N with tert-alkyl or cyclic N) is 2. The lowest BCUT2D eigenvalue weighted by Crippen LogP contribution is -2.49. The summed E-state index contributed by atoms with van der Waals surface area (Å²) in [5.41, 5.74) is 0.167. The van der Waals surface area contributed by atoms with E-state index < -0.39 is 23.9 Å². The van der Waals surface area contributed by atoms with Crippen LogP contribution in [0.25, 0.3) is 0 Å². The lowest BCUT2D eigenvalue weighted by molar-refractivity contribution is -0.0876. The smallest absolute Gasteiger partial charge is 0.171 e. The van der Waals surface area contributed by atoms with Gasteiger partial charge in [-0.3, -0.25) is 4.90 Å². The molecule has 2 aliphatic rings. The summed E-state index contributed by atoms with van der Waals surface area (Å²) in [5, 5.41) is 33.0. The van der Waals surface area contributed by atoms with E-state index in [0.717, 1.165) is 5.56 Å². The third kappa shape index (κ3) is 5.15. The summed E-state index contributed by atoms with van der Waals surface area (Å²) in [6.07, 6.45) is -1.84. The molecule has 0 spiro atoms. The van der Waals surface area contributed by atoms with Crippen LogP contribution in [0, 0.1) is 5.92 Å². The first-order chi connectivity index (χ1) is 16.9. The Morgan fingerprint density at radius 3 is 2.46 bits per heavy atom. The van der Waals surface area contributed by atoms with Crippen molar-refractivity contribution in [1.82, 2.24) is 9.88 Å². The minimum absolute atomic E-state index is 0.149. The first-order valence-corrected chi connectivity index (χ1v) is 12.2. The van der Waals surface area contributed by atoms with Crippen molar-refractivity contribution in [3.63, 3.8) is 0 Å². The third-order valence-electron chi connectivity index (χ3n) is 6.92. The van der Waals surface area contributed by atoms with Gasteiger partial charge < -0.3 is 24.8 Å². The van der Waals surface area contributed by atoms with Gasteiger partial charge in [-0.25, -0.2) is 4.98 Å². The first kappa shape index (κ1) is 24.0. The molecule has 2 aromatic carbocycles. The molecule has 8 heteroatoms. The van der Waals surface area contributed by atoms with Crippen molar-refractivity contribution < 1.29 is 24.8 Å². The number of nitrogens with zero attached hydrogens (tertiary/aromatic N) is 2. The zero-order valence-corrected chi connectivity index (χ0v) is 20.0. The third-order valence-corrected chi connectivity index (χ3v) is 7.19. The van der Waals surface area contributed by atoms with Crippen LogP contribution in [0.5, 0.6) is 11.5 Å². The Labute approximate surface area is 209 Å². The topological polar surface area (TPSA) is 95.3 Å². The second-order valence-corrected chi connectivity index (χ2v) is 9.71. The number of likely N-dealkylation sites (tertiary alicyclic amines) is 1. The highest BCUT2D eigenvalue weighted by atomic mass is 35.5. The number of aliphatic hydroxyl groups is 3. The molecule has 0 radical (unpaired) electrons. The summed E-state index contributed by atoms with van der Waals surface area (Å²) in [6, 6.07) is 22.5. The quantitative estimate of drug-likeness (QED) is 0.412. The van der Waals surface area contributed by atoms with E-state index in [1.807, 2.05) is 65.6 Å². The summed E-state index contributed by atoms with van der Waals surface area (Å²) in [6.45, 7) is 1.43. The normalized spacial score (nSPS) is 26.9. The average Bonchev–Trinajstić information content (AvgIpc) is 3.29. The van der Waals surface area contributed by atoms with Crippen molar-refractivity contribution in [2.24, 2.45) is 5.92 Å². The number of hydrogen-bond donors (Lipinski definition) is 3. The van der Waals surface area contributed by atoms with Gasteiger partial charge in [-0.2, -0.15) is 0 Å². The molecule has 35 heavy (non-hydrogen) atoms. The summed E-state index contributed by atoms with van der Waals surface area (Å²) in [5.74, 6) is 0.972. The van der Waals surface area contributed by atoms with Gasteiger partial charge in [0.1, 0.15) is 36.3 Å². The van der Waals surface area contributed by atoms with E-state index in [-0.39, 0.29) is 24.2 Å². The van der Waals surface area contributed by atoms with E-state index in [1.54, 1.807) is 12.1 Å². The van der Waals surface area contributed by atoms with Crippen molar-refractivity contribution in [3.05, 3.63) is 89.2 Å². The molecule has 1 saturated carbocycles. The van der Waals surface area contributed by atoms with Crippen molar-refractivity contribution in [3.8, 4) is 11.5 Å². The van der Waals surface area contributed by atoms with Gasteiger partial charge in [-0.05, 0) is 36.2 Å². The molecule has 1 aliphatic heterocycles. The van der Waals surface area contributed by atoms with Gasteiger partial charge in [-0.15, -0.1) is 0 Å². The number of para-hydroxylation sites is 1. The van der Waals surface area contributed by atoms with Crippen molar-refractivity contribution >= 4 is 11.6 Å². The molecule has 2 heterocycles.